The molecule has 0 saturated carbocycles. The maximum Gasteiger partial charge on any atom is 0.497 e. The van der Waals surface area contributed by atoms with E-state index in [-0.39, 0.29) is 12.3 Å². The highest BCUT2D eigenvalue weighted by atomic mass is 16.7. The predicted molar refractivity (Wildman–Crippen MR) is 99.5 cm³/mol. The first-order valence-corrected chi connectivity index (χ1v) is 8.76. The Morgan fingerprint density at radius 3 is 2.42 bits per heavy atom. The van der Waals surface area contributed by atoms with Gasteiger partial charge in [0.1, 0.15) is 0 Å². The molecule has 0 radical (unpaired) electrons. The molecule has 3 amide bonds. The molecule has 2 aliphatic heterocycles. The fourth-order valence-electron chi connectivity index (χ4n) is 3.36. The van der Waals surface area contributed by atoms with Gasteiger partial charge < -0.3 is 14.3 Å². The largest absolute Gasteiger partial charge is 0.497 e. The Bertz CT molecular complexity index is 889. The summed E-state index contributed by atoms with van der Waals surface area (Å²) in [5.41, 5.74) is 1.66. The number of fused-ring (bicyclic) bond motifs is 1. The molecule has 1 aromatic carbocycles. The van der Waals surface area contributed by atoms with Crippen LogP contribution >= 0.6 is 0 Å². The molecule has 3 heterocycles. The lowest BCUT2D eigenvalue weighted by Gasteiger charge is -2.32. The van der Waals surface area contributed by atoms with Crippen LogP contribution in [0.2, 0.25) is 0 Å². The molecule has 0 unspecified atom stereocenters. The third-order valence-corrected chi connectivity index (χ3v) is 5.58. The lowest BCUT2D eigenvalue weighted by atomic mass is 9.77. The summed E-state index contributed by atoms with van der Waals surface area (Å²) in [6, 6.07) is 5.32. The van der Waals surface area contributed by atoms with Crippen molar-refractivity contribution in [2.75, 3.05) is 11.4 Å². The number of aromatic amines is 1. The van der Waals surface area contributed by atoms with Crippen LogP contribution in [0.3, 0.4) is 0 Å². The number of amides is 3. The lowest BCUT2D eigenvalue weighted by Crippen LogP contribution is -2.49. The molecule has 0 bridgehead atoms. The van der Waals surface area contributed by atoms with Gasteiger partial charge in [0, 0.05) is 35.5 Å². The van der Waals surface area contributed by atoms with Crippen LogP contribution in [0.15, 0.2) is 24.4 Å². The van der Waals surface area contributed by atoms with Crippen LogP contribution in [0.5, 0.6) is 0 Å². The minimum Gasteiger partial charge on any atom is -0.399 e. The number of hydrogen-bond donors (Lipinski definition) is 2. The summed E-state index contributed by atoms with van der Waals surface area (Å²) in [6.07, 6.45) is 2.12. The van der Waals surface area contributed by atoms with Gasteiger partial charge in [-0.25, -0.2) is 4.79 Å². The second-order valence-electron chi connectivity index (χ2n) is 7.78. The van der Waals surface area contributed by atoms with Gasteiger partial charge in [-0.1, -0.05) is 6.07 Å². The fraction of sp³-hybridized carbons (Fsp3) is 0.444. The van der Waals surface area contributed by atoms with Crippen LogP contribution < -0.4 is 15.7 Å². The van der Waals surface area contributed by atoms with Gasteiger partial charge in [-0.15, -0.1) is 0 Å². The summed E-state index contributed by atoms with van der Waals surface area (Å²) < 4.78 is 12.3. The molecule has 0 spiro atoms. The Kier molecular flexibility index (Phi) is 3.68. The number of imide groups is 1. The summed E-state index contributed by atoms with van der Waals surface area (Å²) in [6.45, 7) is 8.43. The highest BCUT2D eigenvalue weighted by molar-refractivity contribution is 6.65. The minimum absolute atomic E-state index is 0.245. The Balaban J connectivity index is 1.74. The topological polar surface area (TPSA) is 83.7 Å². The number of benzene rings is 1. The van der Waals surface area contributed by atoms with Crippen molar-refractivity contribution in [1.82, 2.24) is 10.3 Å². The van der Waals surface area contributed by atoms with Gasteiger partial charge in [0.25, 0.3) is 0 Å². The maximum atomic E-state index is 12.2. The van der Waals surface area contributed by atoms with Gasteiger partial charge in [-0.2, -0.15) is 0 Å². The van der Waals surface area contributed by atoms with Crippen molar-refractivity contribution >= 4 is 41.1 Å². The zero-order chi connectivity index (χ0) is 18.7. The average Bonchev–Trinajstić information content (AvgIpc) is 3.10. The van der Waals surface area contributed by atoms with Crippen LogP contribution in [0, 0.1) is 0 Å². The van der Waals surface area contributed by atoms with E-state index in [1.54, 1.807) is 4.90 Å². The predicted octanol–water partition coefficient (Wildman–Crippen LogP) is 1.91. The van der Waals surface area contributed by atoms with E-state index >= 15 is 0 Å². The zero-order valence-corrected chi connectivity index (χ0v) is 15.4. The molecular weight excluding hydrogens is 333 g/mol. The Hall–Kier alpha value is -2.32. The van der Waals surface area contributed by atoms with E-state index in [4.69, 9.17) is 9.31 Å². The molecule has 8 heteroatoms. The van der Waals surface area contributed by atoms with Crippen molar-refractivity contribution in [3.63, 3.8) is 0 Å². The highest BCUT2D eigenvalue weighted by Gasteiger charge is 2.52. The van der Waals surface area contributed by atoms with Gasteiger partial charge >= 0.3 is 13.1 Å². The molecule has 2 aliphatic rings. The van der Waals surface area contributed by atoms with Crippen LogP contribution in [0.25, 0.3) is 10.9 Å². The normalized spacial score (nSPS) is 22.2. The van der Waals surface area contributed by atoms with Crippen LogP contribution in [0.1, 0.15) is 34.1 Å². The molecular formula is C18H22BN3O4. The second-order valence-corrected chi connectivity index (χ2v) is 7.78. The fourth-order valence-corrected chi connectivity index (χ4v) is 3.36. The third-order valence-electron chi connectivity index (χ3n) is 5.58. The van der Waals surface area contributed by atoms with Crippen molar-refractivity contribution in [1.29, 1.82) is 0 Å². The van der Waals surface area contributed by atoms with E-state index in [0.29, 0.717) is 6.54 Å². The molecule has 2 saturated heterocycles. The van der Waals surface area contributed by atoms with Crippen molar-refractivity contribution < 1.29 is 18.9 Å². The van der Waals surface area contributed by atoms with E-state index in [9.17, 15) is 9.59 Å². The summed E-state index contributed by atoms with van der Waals surface area (Å²) >= 11 is 0. The number of rotatable bonds is 2. The summed E-state index contributed by atoms with van der Waals surface area (Å²) in [5, 5.41) is 3.25. The molecule has 7 nitrogen and oxygen atoms in total. The minimum atomic E-state index is -0.494. The van der Waals surface area contributed by atoms with Crippen LogP contribution in [-0.4, -0.2) is 41.8 Å². The van der Waals surface area contributed by atoms with Crippen molar-refractivity contribution in [2.24, 2.45) is 0 Å². The number of carbonyl (C=O) groups excluding carboxylic acids is 2. The van der Waals surface area contributed by atoms with Gasteiger partial charge in [-0.3, -0.25) is 15.0 Å². The number of carbonyl (C=O) groups is 2. The van der Waals surface area contributed by atoms with Crippen molar-refractivity contribution in [3.05, 3.63) is 24.4 Å². The van der Waals surface area contributed by atoms with Crippen LogP contribution in [-0.2, 0) is 14.1 Å². The first-order valence-electron chi connectivity index (χ1n) is 8.76. The second kappa shape index (κ2) is 5.59. The van der Waals surface area contributed by atoms with Gasteiger partial charge in [0.05, 0.1) is 16.9 Å². The standard InChI is InChI=1S/C18H22BN3O4/c1-17(2)18(3,4)26-19(25-17)12-5-6-13(11-7-9-20-15(11)12)22-10-8-14(23)21-16(22)24/h5-7,9,20H,8,10H2,1-4H3,(H,21,23,24). The molecule has 2 aromatic rings. The zero-order valence-electron chi connectivity index (χ0n) is 15.4. The molecule has 0 aliphatic carbocycles. The van der Waals surface area contributed by atoms with Crippen LogP contribution in [0.4, 0.5) is 10.5 Å². The van der Waals surface area contributed by atoms with E-state index in [2.05, 4.69) is 10.3 Å². The van der Waals surface area contributed by atoms with Gasteiger partial charge in [0.2, 0.25) is 5.91 Å². The third kappa shape index (κ3) is 2.52. The number of nitrogens with one attached hydrogen (secondary N) is 2. The molecule has 26 heavy (non-hydrogen) atoms. The SMILES string of the molecule is CC1(C)OB(c2ccc(N3CCC(=O)NC3=O)c3cc[nH]c23)OC1(C)C. The smallest absolute Gasteiger partial charge is 0.399 e. The maximum absolute atomic E-state index is 12.2. The average molecular weight is 355 g/mol. The molecule has 1 aromatic heterocycles. The number of urea groups is 1. The van der Waals surface area contributed by atoms with E-state index < -0.39 is 24.4 Å². The number of anilines is 1. The lowest BCUT2D eigenvalue weighted by molar-refractivity contribution is -0.120. The monoisotopic (exact) mass is 355 g/mol. The first kappa shape index (κ1) is 17.1. The quantitative estimate of drug-likeness (QED) is 0.807. The first-order chi connectivity index (χ1) is 12.2. The number of H-pyrrole nitrogens is 1. The molecule has 4 rings (SSSR count). The van der Waals surface area contributed by atoms with Gasteiger partial charge in [-0.05, 0) is 39.8 Å². The van der Waals surface area contributed by atoms with E-state index in [1.165, 1.54) is 0 Å². The number of nitrogens with zero attached hydrogens (tertiary/aromatic N) is 1. The Labute approximate surface area is 152 Å². The summed E-state index contributed by atoms with van der Waals surface area (Å²) in [5.74, 6) is -0.245. The molecule has 136 valence electrons. The highest BCUT2D eigenvalue weighted by Crippen LogP contribution is 2.37. The van der Waals surface area contributed by atoms with E-state index in [1.807, 2.05) is 52.1 Å². The number of hydrogen-bond acceptors (Lipinski definition) is 4. The Morgan fingerprint density at radius 2 is 1.77 bits per heavy atom. The molecule has 2 fully saturated rings. The molecule has 2 N–H and O–H groups in total. The number of aromatic nitrogens is 1. The van der Waals surface area contributed by atoms with Gasteiger partial charge in [0.15, 0.2) is 0 Å². The summed E-state index contributed by atoms with van der Waals surface area (Å²) in [7, 11) is -0.494. The van der Waals surface area contributed by atoms with Crippen molar-refractivity contribution in [3.8, 4) is 0 Å². The van der Waals surface area contributed by atoms with Crippen molar-refractivity contribution in [2.45, 2.75) is 45.3 Å². The molecule has 0 atom stereocenters. The Morgan fingerprint density at radius 1 is 1.08 bits per heavy atom. The summed E-state index contributed by atoms with van der Waals surface area (Å²) in [4.78, 5) is 28.5. The van der Waals surface area contributed by atoms with E-state index in [0.717, 1.165) is 22.1 Å².